The number of hydrogen-bond donors (Lipinski definition) is 4. The molecule has 2 unspecified atom stereocenters. The Balaban J connectivity index is 1.05. The molecular weight excluding hydrogens is 746 g/mol. The summed E-state index contributed by atoms with van der Waals surface area (Å²) in [5.74, 6) is -0.429. The third-order valence-corrected chi connectivity index (χ3v) is 12.4. The number of amides is 4. The molecule has 2 aromatic rings. The van der Waals surface area contributed by atoms with Crippen molar-refractivity contribution in [2.24, 2.45) is 17.3 Å². The number of morpholine rings is 1. The van der Waals surface area contributed by atoms with Crippen molar-refractivity contribution in [3.8, 4) is 16.2 Å². The summed E-state index contributed by atoms with van der Waals surface area (Å²) < 4.78 is 32.7. The Bertz CT molecular complexity index is 1720. The molecule has 6 rings (SSSR count). The molecule has 0 spiro atoms. The van der Waals surface area contributed by atoms with Crippen LogP contribution in [0, 0.1) is 24.2 Å². The van der Waals surface area contributed by atoms with E-state index in [4.69, 9.17) is 14.2 Å². The van der Waals surface area contributed by atoms with E-state index in [0.717, 1.165) is 47.4 Å². The van der Waals surface area contributed by atoms with Crippen molar-refractivity contribution < 1.29 is 48.0 Å². The number of nitrogens with zero attached hydrogens (tertiary/aromatic N) is 3. The summed E-state index contributed by atoms with van der Waals surface area (Å²) >= 11 is 1.54. The van der Waals surface area contributed by atoms with Crippen molar-refractivity contribution in [2.75, 3.05) is 46.1 Å². The molecular formula is C40H56FN5O9S. The lowest BCUT2D eigenvalue weighted by Gasteiger charge is -2.35. The summed E-state index contributed by atoms with van der Waals surface area (Å²) in [5.41, 5.74) is 1.68. The lowest BCUT2D eigenvalue weighted by molar-refractivity contribution is -0.145. The highest BCUT2D eigenvalue weighted by molar-refractivity contribution is 7.13. The standard InChI is InChI=1S/C40H56FN5O9S/c1-24-33(56-23-43-24)27-9-10-28(32(15-27)55-21-26-7-5-25(6-8-26)20-53-22-30-19-45(38(51)52)13-14-54-30)17-42-35(48)31-16-29(47)18-46(31)36(49)34(39(2,3)4)44-37(50)40(41)11-12-40/h9-10,15,23,25-26,29-31,34,47H,5-8,11-14,16-22H2,1-4H3,(H,42,48)(H,44,50)(H,51,52)/t25?,26?,29-,30?,31+,34?/m1/s1. The zero-order valence-corrected chi connectivity index (χ0v) is 33.6. The average Bonchev–Trinajstić information content (AvgIpc) is 3.57. The molecule has 1 aromatic carbocycles. The number of halogens is 1. The highest BCUT2D eigenvalue weighted by atomic mass is 32.1. The number of rotatable bonds is 14. The average molecular weight is 802 g/mol. The van der Waals surface area contributed by atoms with Gasteiger partial charge in [-0.2, -0.15) is 0 Å². The molecule has 4 N–H and O–H groups in total. The second-order valence-electron chi connectivity index (χ2n) is 16.9. The van der Waals surface area contributed by atoms with Gasteiger partial charge in [-0.1, -0.05) is 32.9 Å². The van der Waals surface area contributed by atoms with E-state index in [9.17, 15) is 33.8 Å². The molecule has 14 nitrogen and oxygen atoms in total. The quantitative estimate of drug-likeness (QED) is 0.215. The fourth-order valence-electron chi connectivity index (χ4n) is 7.71. The maximum atomic E-state index is 14.6. The largest absolute Gasteiger partial charge is 0.493 e. The number of likely N-dealkylation sites (tertiary alicyclic amines) is 1. The minimum absolute atomic E-state index is 0.0355. The number of thiazole rings is 1. The number of ether oxygens (including phenoxy) is 3. The fraction of sp³-hybridized carbons (Fsp3) is 0.675. The summed E-state index contributed by atoms with van der Waals surface area (Å²) in [6.07, 6.45) is 2.05. The molecule has 2 saturated carbocycles. The van der Waals surface area contributed by atoms with Crippen molar-refractivity contribution in [3.05, 3.63) is 35.0 Å². The molecule has 1 aromatic heterocycles. The van der Waals surface area contributed by atoms with E-state index < -0.39 is 53.1 Å². The van der Waals surface area contributed by atoms with E-state index in [1.54, 1.807) is 26.3 Å². The second-order valence-corrected chi connectivity index (χ2v) is 17.8. The maximum Gasteiger partial charge on any atom is 0.407 e. The summed E-state index contributed by atoms with van der Waals surface area (Å²) in [5, 5.41) is 25.4. The molecule has 0 radical (unpaired) electrons. The Morgan fingerprint density at radius 3 is 2.45 bits per heavy atom. The third-order valence-electron chi connectivity index (χ3n) is 11.4. The number of carbonyl (C=O) groups excluding carboxylic acids is 3. The first-order valence-electron chi connectivity index (χ1n) is 19.7. The van der Waals surface area contributed by atoms with E-state index in [2.05, 4.69) is 15.6 Å². The van der Waals surface area contributed by atoms with Crippen molar-refractivity contribution in [1.29, 1.82) is 0 Å². The summed E-state index contributed by atoms with van der Waals surface area (Å²) in [6.45, 7) is 9.83. The number of aliphatic hydroxyl groups is 1. The Labute approximate surface area is 331 Å². The van der Waals surface area contributed by atoms with Crippen molar-refractivity contribution >= 4 is 35.2 Å². The number of carboxylic acid groups (broad SMARTS) is 1. The molecule has 2 aliphatic heterocycles. The number of β-amino-alcohol motifs (C(OH)–C–C–N with tert-alkyl or cyclic N) is 1. The SMILES string of the molecule is Cc1ncsc1-c1ccc(CNC(=O)[C@@H]2C[C@@H](O)CN2C(=O)C(NC(=O)C2(F)CC2)C(C)(C)C)c(OCC2CCC(COCC3CN(C(=O)O)CCO3)CC2)c1. The molecule has 4 fully saturated rings. The number of alkyl halides is 1. The van der Waals surface area contributed by atoms with Gasteiger partial charge in [-0.15, -0.1) is 11.3 Å². The molecule has 4 aliphatic rings. The molecule has 2 aliphatic carbocycles. The van der Waals surface area contributed by atoms with Crippen LogP contribution in [0.2, 0.25) is 0 Å². The van der Waals surface area contributed by atoms with Gasteiger partial charge >= 0.3 is 6.09 Å². The van der Waals surface area contributed by atoms with E-state index >= 15 is 0 Å². The second kappa shape index (κ2) is 17.7. The smallest absolute Gasteiger partial charge is 0.407 e. The van der Waals surface area contributed by atoms with Gasteiger partial charge in [0, 0.05) is 38.2 Å². The highest BCUT2D eigenvalue weighted by Gasteiger charge is 2.53. The first kappa shape index (κ1) is 41.8. The van der Waals surface area contributed by atoms with Gasteiger partial charge in [0.1, 0.15) is 17.8 Å². The lowest BCUT2D eigenvalue weighted by atomic mass is 9.83. The molecule has 0 bridgehead atoms. The summed E-state index contributed by atoms with van der Waals surface area (Å²) in [7, 11) is 0. The summed E-state index contributed by atoms with van der Waals surface area (Å²) in [6, 6.07) is 3.81. The van der Waals surface area contributed by atoms with Gasteiger partial charge < -0.3 is 44.9 Å². The first-order chi connectivity index (χ1) is 26.6. The van der Waals surface area contributed by atoms with Gasteiger partial charge in [0.15, 0.2) is 5.67 Å². The molecule has 4 amide bonds. The van der Waals surface area contributed by atoms with Gasteiger partial charge in [-0.25, -0.2) is 14.2 Å². The summed E-state index contributed by atoms with van der Waals surface area (Å²) in [4.78, 5) is 59.7. The van der Waals surface area contributed by atoms with Crippen LogP contribution >= 0.6 is 11.3 Å². The topological polar surface area (TPSA) is 180 Å². The van der Waals surface area contributed by atoms with Crippen molar-refractivity contribution in [2.45, 2.75) is 109 Å². The van der Waals surface area contributed by atoms with Gasteiger partial charge in [0.2, 0.25) is 11.8 Å². The van der Waals surface area contributed by atoms with E-state index in [1.807, 2.05) is 25.1 Å². The molecule has 3 heterocycles. The fourth-order valence-corrected chi connectivity index (χ4v) is 8.51. The maximum absolute atomic E-state index is 14.6. The predicted octanol–water partition coefficient (Wildman–Crippen LogP) is 4.31. The molecule has 308 valence electrons. The van der Waals surface area contributed by atoms with E-state index in [1.165, 1.54) is 21.1 Å². The highest BCUT2D eigenvalue weighted by Crippen LogP contribution is 2.41. The third kappa shape index (κ3) is 10.4. The van der Waals surface area contributed by atoms with Crippen molar-refractivity contribution in [3.63, 3.8) is 0 Å². The van der Waals surface area contributed by atoms with Crippen LogP contribution in [0.5, 0.6) is 5.75 Å². The Kier molecular flexibility index (Phi) is 13.2. The Hall–Kier alpha value is -3.86. The number of aromatic nitrogens is 1. The van der Waals surface area contributed by atoms with Gasteiger partial charge in [0.05, 0.1) is 54.7 Å². The number of carbonyl (C=O) groups is 4. The number of aryl methyl sites for hydroxylation is 1. The minimum atomic E-state index is -1.96. The molecule has 16 heteroatoms. The van der Waals surface area contributed by atoms with Crippen LogP contribution in [0.3, 0.4) is 0 Å². The number of hydrogen-bond acceptors (Lipinski definition) is 10. The van der Waals surface area contributed by atoms with Gasteiger partial charge in [-0.05, 0) is 74.3 Å². The normalized spacial score (nSPS) is 25.4. The number of benzene rings is 1. The van der Waals surface area contributed by atoms with E-state index in [-0.39, 0.29) is 38.5 Å². The van der Waals surface area contributed by atoms with Gasteiger partial charge in [0.25, 0.3) is 5.91 Å². The van der Waals surface area contributed by atoms with Crippen LogP contribution in [-0.4, -0.2) is 125 Å². The Morgan fingerprint density at radius 1 is 1.09 bits per heavy atom. The van der Waals surface area contributed by atoms with Crippen LogP contribution in [0.4, 0.5) is 9.18 Å². The van der Waals surface area contributed by atoms with Crippen LogP contribution < -0.4 is 15.4 Å². The van der Waals surface area contributed by atoms with Crippen LogP contribution in [-0.2, 0) is 30.4 Å². The number of aliphatic hydroxyl groups excluding tert-OH is 1. The minimum Gasteiger partial charge on any atom is -0.493 e. The van der Waals surface area contributed by atoms with Crippen LogP contribution in [0.25, 0.3) is 10.4 Å². The monoisotopic (exact) mass is 801 g/mol. The van der Waals surface area contributed by atoms with Gasteiger partial charge in [-0.3, -0.25) is 14.4 Å². The predicted molar refractivity (Wildman–Crippen MR) is 206 cm³/mol. The molecule has 4 atom stereocenters. The number of nitrogens with one attached hydrogen (secondary N) is 2. The van der Waals surface area contributed by atoms with E-state index in [0.29, 0.717) is 57.1 Å². The molecule has 56 heavy (non-hydrogen) atoms. The lowest BCUT2D eigenvalue weighted by Crippen LogP contribution is -2.59. The Morgan fingerprint density at radius 2 is 1.80 bits per heavy atom. The molecule has 2 saturated heterocycles. The first-order valence-corrected chi connectivity index (χ1v) is 20.6. The zero-order chi connectivity index (χ0) is 40.2. The van der Waals surface area contributed by atoms with Crippen LogP contribution in [0.1, 0.15) is 77.0 Å². The van der Waals surface area contributed by atoms with Crippen molar-refractivity contribution in [1.82, 2.24) is 25.4 Å². The zero-order valence-electron chi connectivity index (χ0n) is 32.8. The van der Waals surface area contributed by atoms with Crippen LogP contribution in [0.15, 0.2) is 23.7 Å².